The monoisotopic (exact) mass is 302 g/mol. The molecule has 12 heavy (non-hydrogen) atoms. The molecule has 0 fully saturated rings. The molecule has 0 spiro atoms. The van der Waals surface area contributed by atoms with E-state index in [0.29, 0.717) is 4.47 Å². The number of hydrogen-bond donors (Lipinski definition) is 1. The molecular weight excluding hydrogens is 299 g/mol. The molecule has 1 aromatic carbocycles. The topological polar surface area (TPSA) is 37.3 Å². The molecule has 0 aliphatic carbocycles. The third kappa shape index (κ3) is 3.18. The molecule has 5 heteroatoms. The van der Waals surface area contributed by atoms with Gasteiger partial charge >= 0.3 is 35.5 Å². The predicted molar refractivity (Wildman–Crippen MR) is 56.0 cm³/mol. The number of carboxylic acid groups (broad SMARTS) is 1. The van der Waals surface area contributed by atoms with Crippen molar-refractivity contribution in [3.05, 3.63) is 32.7 Å². The van der Waals surface area contributed by atoms with E-state index in [4.69, 9.17) is 5.11 Å². The van der Waals surface area contributed by atoms with Crippen molar-refractivity contribution < 1.29 is 9.90 Å². The molecule has 0 heterocycles. The van der Waals surface area contributed by atoms with Crippen LogP contribution in [-0.4, -0.2) is 40.6 Å². The second-order valence-corrected chi connectivity index (χ2v) is 3.70. The Morgan fingerprint density at radius 3 is 2.33 bits per heavy atom. The Labute approximate surface area is 109 Å². The minimum atomic E-state index is -0.932. The van der Waals surface area contributed by atoms with Gasteiger partial charge in [0.05, 0.1) is 5.56 Å². The SMILES string of the molecule is O=C(O)c1cc(Br)ccc1Br.[NaH]. The quantitative estimate of drug-likeness (QED) is 0.808. The first-order valence-electron chi connectivity index (χ1n) is 2.79. The van der Waals surface area contributed by atoms with Gasteiger partial charge in [-0.3, -0.25) is 0 Å². The molecule has 0 amide bonds. The van der Waals surface area contributed by atoms with Gasteiger partial charge in [0.25, 0.3) is 0 Å². The Morgan fingerprint density at radius 2 is 1.92 bits per heavy atom. The molecule has 0 bridgehead atoms. The molecule has 0 saturated heterocycles. The molecular formula is C7H5Br2NaO2. The first-order chi connectivity index (χ1) is 5.11. The molecule has 0 unspecified atom stereocenters. The van der Waals surface area contributed by atoms with E-state index in [9.17, 15) is 4.79 Å². The fraction of sp³-hybridized carbons (Fsp3) is 0. The summed E-state index contributed by atoms with van der Waals surface area (Å²) in [7, 11) is 0. The number of hydrogen-bond acceptors (Lipinski definition) is 1. The summed E-state index contributed by atoms with van der Waals surface area (Å²) >= 11 is 6.31. The number of benzene rings is 1. The van der Waals surface area contributed by atoms with Crippen LogP contribution in [0.3, 0.4) is 0 Å². The average molecular weight is 304 g/mol. The molecule has 0 aliphatic heterocycles. The van der Waals surface area contributed by atoms with E-state index in [-0.39, 0.29) is 35.1 Å². The summed E-state index contributed by atoms with van der Waals surface area (Å²) in [6, 6.07) is 5.01. The van der Waals surface area contributed by atoms with E-state index < -0.39 is 5.97 Å². The average Bonchev–Trinajstić information content (AvgIpc) is 1.94. The van der Waals surface area contributed by atoms with Crippen molar-refractivity contribution in [1.29, 1.82) is 0 Å². The zero-order valence-corrected chi connectivity index (χ0v) is 8.52. The van der Waals surface area contributed by atoms with Crippen LogP contribution < -0.4 is 0 Å². The summed E-state index contributed by atoms with van der Waals surface area (Å²) < 4.78 is 1.35. The standard InChI is InChI=1S/C7H4Br2O2.Na.H/c8-4-1-2-6(9)5(3-4)7(10)11;;/h1-3H,(H,10,11);;. The van der Waals surface area contributed by atoms with Gasteiger partial charge in [-0.15, -0.1) is 0 Å². The number of carbonyl (C=O) groups is 1. The third-order valence-corrected chi connectivity index (χ3v) is 2.34. The van der Waals surface area contributed by atoms with Gasteiger partial charge in [-0.2, -0.15) is 0 Å². The van der Waals surface area contributed by atoms with Crippen LogP contribution in [0, 0.1) is 0 Å². The first kappa shape index (κ1) is 12.7. The molecule has 1 rings (SSSR count). The fourth-order valence-corrected chi connectivity index (χ4v) is 1.44. The van der Waals surface area contributed by atoms with Crippen LogP contribution in [0.15, 0.2) is 27.1 Å². The van der Waals surface area contributed by atoms with Gasteiger partial charge in [-0.05, 0) is 34.1 Å². The van der Waals surface area contributed by atoms with Gasteiger partial charge < -0.3 is 5.11 Å². The second-order valence-electron chi connectivity index (χ2n) is 1.93. The maximum absolute atomic E-state index is 10.5. The Morgan fingerprint density at radius 1 is 1.33 bits per heavy atom. The Bertz CT molecular complexity index is 301. The number of aromatic carboxylic acids is 1. The predicted octanol–water partition coefficient (Wildman–Crippen LogP) is 2.26. The molecule has 0 radical (unpaired) electrons. The summed E-state index contributed by atoms with van der Waals surface area (Å²) in [5.74, 6) is -0.932. The van der Waals surface area contributed by atoms with E-state index in [1.807, 2.05) is 0 Å². The van der Waals surface area contributed by atoms with Gasteiger partial charge in [0, 0.05) is 8.95 Å². The second kappa shape index (κ2) is 5.40. The van der Waals surface area contributed by atoms with Crippen molar-refractivity contribution in [3.63, 3.8) is 0 Å². The van der Waals surface area contributed by atoms with Crippen molar-refractivity contribution >= 4 is 67.4 Å². The van der Waals surface area contributed by atoms with E-state index in [2.05, 4.69) is 31.9 Å². The number of halogens is 2. The Balaban J connectivity index is 0.00000121. The van der Waals surface area contributed by atoms with Crippen molar-refractivity contribution in [2.75, 3.05) is 0 Å². The summed E-state index contributed by atoms with van der Waals surface area (Å²) in [4.78, 5) is 10.5. The van der Waals surface area contributed by atoms with Gasteiger partial charge in [0.15, 0.2) is 0 Å². The Kier molecular flexibility index (Phi) is 5.69. The van der Waals surface area contributed by atoms with Crippen molar-refractivity contribution in [2.24, 2.45) is 0 Å². The molecule has 2 nitrogen and oxygen atoms in total. The number of rotatable bonds is 1. The molecule has 60 valence electrons. The molecule has 0 aromatic heterocycles. The number of carboxylic acids is 1. The van der Waals surface area contributed by atoms with Gasteiger partial charge in [0.2, 0.25) is 0 Å². The van der Waals surface area contributed by atoms with Crippen molar-refractivity contribution in [1.82, 2.24) is 0 Å². The molecule has 1 N–H and O–H groups in total. The van der Waals surface area contributed by atoms with Crippen LogP contribution in [0.25, 0.3) is 0 Å². The normalized spacial score (nSPS) is 8.83. The van der Waals surface area contributed by atoms with Crippen LogP contribution >= 0.6 is 31.9 Å². The van der Waals surface area contributed by atoms with E-state index >= 15 is 0 Å². The van der Waals surface area contributed by atoms with Crippen LogP contribution in [0.4, 0.5) is 0 Å². The maximum atomic E-state index is 10.5. The van der Waals surface area contributed by atoms with Crippen LogP contribution in [-0.2, 0) is 0 Å². The van der Waals surface area contributed by atoms with Crippen LogP contribution in [0.5, 0.6) is 0 Å². The molecule has 1 aromatic rings. The van der Waals surface area contributed by atoms with Crippen molar-refractivity contribution in [2.45, 2.75) is 0 Å². The van der Waals surface area contributed by atoms with E-state index in [1.165, 1.54) is 0 Å². The van der Waals surface area contributed by atoms with Crippen molar-refractivity contribution in [3.8, 4) is 0 Å². The molecule has 0 saturated carbocycles. The summed E-state index contributed by atoms with van der Waals surface area (Å²) in [5.41, 5.74) is 0.263. The van der Waals surface area contributed by atoms with E-state index in [1.54, 1.807) is 18.2 Å². The molecule has 0 atom stereocenters. The van der Waals surface area contributed by atoms with Gasteiger partial charge in [-0.1, -0.05) is 15.9 Å². The van der Waals surface area contributed by atoms with Crippen LogP contribution in [0.2, 0.25) is 0 Å². The minimum absolute atomic E-state index is 0. The summed E-state index contributed by atoms with van der Waals surface area (Å²) in [6.45, 7) is 0. The fourth-order valence-electron chi connectivity index (χ4n) is 0.661. The third-order valence-electron chi connectivity index (χ3n) is 1.16. The Hall–Kier alpha value is 0.650. The summed E-state index contributed by atoms with van der Waals surface area (Å²) in [5, 5.41) is 8.64. The zero-order chi connectivity index (χ0) is 8.43. The molecule has 0 aliphatic rings. The van der Waals surface area contributed by atoms with Crippen LogP contribution in [0.1, 0.15) is 10.4 Å². The van der Waals surface area contributed by atoms with Gasteiger partial charge in [-0.25, -0.2) is 4.79 Å². The van der Waals surface area contributed by atoms with E-state index in [0.717, 1.165) is 4.47 Å². The zero-order valence-electron chi connectivity index (χ0n) is 5.34. The first-order valence-corrected chi connectivity index (χ1v) is 4.38. The summed E-state index contributed by atoms with van der Waals surface area (Å²) in [6.07, 6.45) is 0. The van der Waals surface area contributed by atoms with Gasteiger partial charge in [0.1, 0.15) is 0 Å².